The van der Waals surface area contributed by atoms with Gasteiger partial charge >= 0.3 is 0 Å². The van der Waals surface area contributed by atoms with E-state index in [1.165, 1.54) is 12.1 Å². The molecule has 4 nitrogen and oxygen atoms in total. The second-order valence-electron chi connectivity index (χ2n) is 8.56. The SMILES string of the molecule is O=C(c1cc2cc(Cl)ccc2[nH]1)N1C2CCC1CC(O)(Cc1ccc(F)cc1F)C2. The van der Waals surface area contributed by atoms with Gasteiger partial charge in [0.1, 0.15) is 17.3 Å². The van der Waals surface area contributed by atoms with Gasteiger partial charge in [-0.3, -0.25) is 4.79 Å². The molecule has 2 aromatic carbocycles. The number of halogens is 3. The Labute approximate surface area is 177 Å². The Hall–Kier alpha value is -2.44. The Morgan fingerprint density at radius 2 is 1.87 bits per heavy atom. The van der Waals surface area contributed by atoms with Gasteiger partial charge in [-0.25, -0.2) is 8.78 Å². The van der Waals surface area contributed by atoms with Crippen molar-refractivity contribution in [2.45, 2.75) is 49.8 Å². The Morgan fingerprint density at radius 3 is 2.57 bits per heavy atom. The van der Waals surface area contributed by atoms with E-state index in [1.54, 1.807) is 12.1 Å². The maximum atomic E-state index is 14.1. The number of nitrogens with one attached hydrogen (secondary N) is 1. The van der Waals surface area contributed by atoms with Crippen molar-refractivity contribution in [3.63, 3.8) is 0 Å². The number of hydrogen-bond acceptors (Lipinski definition) is 2. The fourth-order valence-corrected chi connectivity index (χ4v) is 5.36. The number of fused-ring (bicyclic) bond motifs is 3. The maximum Gasteiger partial charge on any atom is 0.270 e. The first kappa shape index (κ1) is 19.5. The molecule has 7 heteroatoms. The van der Waals surface area contributed by atoms with Crippen molar-refractivity contribution in [3.8, 4) is 0 Å². The van der Waals surface area contributed by atoms with Crippen molar-refractivity contribution in [1.82, 2.24) is 9.88 Å². The maximum absolute atomic E-state index is 14.1. The largest absolute Gasteiger partial charge is 0.389 e. The van der Waals surface area contributed by atoms with Crippen LogP contribution in [0, 0.1) is 11.6 Å². The number of carbonyl (C=O) groups is 1. The predicted octanol–water partition coefficient (Wildman–Crippen LogP) is 4.84. The molecular weight excluding hydrogens is 410 g/mol. The molecule has 1 amide bonds. The van der Waals surface area contributed by atoms with Crippen LogP contribution < -0.4 is 0 Å². The highest BCUT2D eigenvalue weighted by Crippen LogP contribution is 2.43. The van der Waals surface area contributed by atoms with Gasteiger partial charge in [-0.1, -0.05) is 17.7 Å². The van der Waals surface area contributed by atoms with E-state index in [0.29, 0.717) is 29.1 Å². The lowest BCUT2D eigenvalue weighted by atomic mass is 9.81. The molecule has 2 aliphatic rings. The van der Waals surface area contributed by atoms with Crippen molar-refractivity contribution < 1.29 is 18.7 Å². The molecule has 2 saturated heterocycles. The molecule has 2 bridgehead atoms. The van der Waals surface area contributed by atoms with Crippen molar-refractivity contribution in [3.05, 3.63) is 70.4 Å². The molecule has 30 heavy (non-hydrogen) atoms. The van der Waals surface area contributed by atoms with Gasteiger partial charge in [0.15, 0.2) is 0 Å². The van der Waals surface area contributed by atoms with Crippen LogP contribution in [-0.4, -0.2) is 38.6 Å². The lowest BCUT2D eigenvalue weighted by Crippen LogP contribution is -2.54. The summed E-state index contributed by atoms with van der Waals surface area (Å²) < 4.78 is 27.3. The van der Waals surface area contributed by atoms with Gasteiger partial charge in [0.25, 0.3) is 5.91 Å². The summed E-state index contributed by atoms with van der Waals surface area (Å²) in [6.45, 7) is 0. The first-order chi connectivity index (χ1) is 14.3. The normalized spacial score (nSPS) is 25.8. The number of carbonyl (C=O) groups excluding carboxylic acids is 1. The van der Waals surface area contributed by atoms with Gasteiger partial charge in [-0.2, -0.15) is 0 Å². The fraction of sp³-hybridized carbons (Fsp3) is 0.348. The first-order valence-corrected chi connectivity index (χ1v) is 10.5. The quantitative estimate of drug-likeness (QED) is 0.624. The van der Waals surface area contributed by atoms with Crippen LogP contribution >= 0.6 is 11.6 Å². The molecule has 2 N–H and O–H groups in total. The fourth-order valence-electron chi connectivity index (χ4n) is 5.18. The predicted molar refractivity (Wildman–Crippen MR) is 111 cm³/mol. The lowest BCUT2D eigenvalue weighted by molar-refractivity contribution is -0.0433. The van der Waals surface area contributed by atoms with Crippen LogP contribution in [0.1, 0.15) is 41.7 Å². The first-order valence-electron chi connectivity index (χ1n) is 10.1. The average molecular weight is 431 g/mol. The number of benzene rings is 2. The van der Waals surface area contributed by atoms with Crippen molar-refractivity contribution >= 4 is 28.4 Å². The molecule has 2 unspecified atom stereocenters. The van der Waals surface area contributed by atoms with Gasteiger partial charge in [-0.05, 0) is 61.6 Å². The molecule has 3 heterocycles. The van der Waals surface area contributed by atoms with Crippen LogP contribution in [0.3, 0.4) is 0 Å². The number of amides is 1. The Kier molecular flexibility index (Phi) is 4.60. The van der Waals surface area contributed by atoms with Crippen LogP contribution in [-0.2, 0) is 6.42 Å². The van der Waals surface area contributed by atoms with E-state index in [-0.39, 0.29) is 24.4 Å². The van der Waals surface area contributed by atoms with Crippen LogP contribution in [0.2, 0.25) is 5.02 Å². The van der Waals surface area contributed by atoms with Gasteiger partial charge in [0.2, 0.25) is 0 Å². The molecule has 2 fully saturated rings. The van der Waals surface area contributed by atoms with E-state index in [0.717, 1.165) is 29.8 Å². The second-order valence-corrected chi connectivity index (χ2v) is 8.99. The van der Waals surface area contributed by atoms with E-state index in [4.69, 9.17) is 11.6 Å². The Balaban J connectivity index is 1.37. The molecule has 5 rings (SSSR count). The molecule has 156 valence electrons. The standard InChI is InChI=1S/C23H21ClF2N2O2/c24-15-2-6-20-14(7-15)8-21(27-20)22(29)28-17-4-5-18(28)12-23(30,11-17)10-13-1-3-16(25)9-19(13)26/h1-3,6-9,17-18,27,30H,4-5,10-12H2. The number of rotatable bonds is 3. The van der Waals surface area contributed by atoms with Gasteiger partial charge in [0, 0.05) is 40.5 Å². The number of hydrogen-bond donors (Lipinski definition) is 2. The lowest BCUT2D eigenvalue weighted by Gasteiger charge is -2.44. The summed E-state index contributed by atoms with van der Waals surface area (Å²) >= 11 is 6.05. The molecular formula is C23H21ClF2N2O2. The van der Waals surface area contributed by atoms with Crippen molar-refractivity contribution in [2.24, 2.45) is 0 Å². The van der Waals surface area contributed by atoms with E-state index in [1.807, 2.05) is 17.0 Å². The molecule has 3 aromatic rings. The third-order valence-electron chi connectivity index (χ3n) is 6.43. The molecule has 0 aliphatic carbocycles. The second kappa shape index (κ2) is 7.06. The monoisotopic (exact) mass is 430 g/mol. The van der Waals surface area contributed by atoms with Gasteiger partial charge in [0.05, 0.1) is 5.60 Å². The minimum absolute atomic E-state index is 0.0927. The summed E-state index contributed by atoms with van der Waals surface area (Å²) in [5.74, 6) is -1.38. The number of aromatic nitrogens is 1. The summed E-state index contributed by atoms with van der Waals surface area (Å²) in [7, 11) is 0. The van der Waals surface area contributed by atoms with Crippen molar-refractivity contribution in [1.29, 1.82) is 0 Å². The molecule has 0 radical (unpaired) electrons. The van der Waals surface area contributed by atoms with Crippen LogP contribution in [0.5, 0.6) is 0 Å². The van der Waals surface area contributed by atoms with Crippen LogP contribution in [0.25, 0.3) is 10.9 Å². The van der Waals surface area contributed by atoms with Crippen LogP contribution in [0.4, 0.5) is 8.78 Å². The third-order valence-corrected chi connectivity index (χ3v) is 6.67. The molecule has 0 spiro atoms. The summed E-state index contributed by atoms with van der Waals surface area (Å²) in [6.07, 6.45) is 2.46. The summed E-state index contributed by atoms with van der Waals surface area (Å²) in [5.41, 5.74) is 0.523. The zero-order valence-corrected chi connectivity index (χ0v) is 16.9. The number of aliphatic hydroxyl groups is 1. The minimum Gasteiger partial charge on any atom is -0.389 e. The topological polar surface area (TPSA) is 56.3 Å². The van der Waals surface area contributed by atoms with Gasteiger partial charge in [-0.15, -0.1) is 0 Å². The summed E-state index contributed by atoms with van der Waals surface area (Å²) in [5, 5.41) is 12.7. The van der Waals surface area contributed by atoms with E-state index >= 15 is 0 Å². The summed E-state index contributed by atoms with van der Waals surface area (Å²) in [4.78, 5) is 18.3. The zero-order chi connectivity index (χ0) is 21.0. The van der Waals surface area contributed by atoms with Crippen molar-refractivity contribution in [2.75, 3.05) is 0 Å². The highest BCUT2D eigenvalue weighted by molar-refractivity contribution is 6.31. The van der Waals surface area contributed by atoms with Crippen LogP contribution in [0.15, 0.2) is 42.5 Å². The number of nitrogens with zero attached hydrogens (tertiary/aromatic N) is 1. The highest BCUT2D eigenvalue weighted by Gasteiger charge is 2.49. The highest BCUT2D eigenvalue weighted by atomic mass is 35.5. The number of piperidine rings is 1. The molecule has 2 aliphatic heterocycles. The molecule has 2 atom stereocenters. The summed E-state index contributed by atoms with van der Waals surface area (Å²) in [6, 6.07) is 10.4. The Bertz CT molecular complexity index is 1130. The van der Waals surface area contributed by atoms with E-state index in [2.05, 4.69) is 4.98 Å². The number of H-pyrrole nitrogens is 1. The minimum atomic E-state index is -1.12. The molecule has 0 saturated carbocycles. The van der Waals surface area contributed by atoms with E-state index in [9.17, 15) is 18.7 Å². The van der Waals surface area contributed by atoms with Gasteiger partial charge < -0.3 is 15.0 Å². The van der Waals surface area contributed by atoms with E-state index < -0.39 is 17.2 Å². The molecule has 1 aromatic heterocycles. The smallest absolute Gasteiger partial charge is 0.270 e. The number of aromatic amines is 1. The third kappa shape index (κ3) is 3.38. The Morgan fingerprint density at radius 1 is 1.13 bits per heavy atom. The average Bonchev–Trinajstić information content (AvgIpc) is 3.22. The zero-order valence-electron chi connectivity index (χ0n) is 16.2.